The molecule has 1 N–H and O–H groups in total. The highest BCUT2D eigenvalue weighted by Gasteiger charge is 2.20. The van der Waals surface area contributed by atoms with Crippen LogP contribution in [0.4, 0.5) is 0 Å². The zero-order valence-corrected chi connectivity index (χ0v) is 15.2. The Morgan fingerprint density at radius 1 is 1.04 bits per heavy atom. The van der Waals surface area contributed by atoms with Gasteiger partial charge in [0, 0.05) is 9.50 Å². The molecule has 0 fully saturated rings. The smallest absolute Gasteiger partial charge is 0.263 e. The lowest BCUT2D eigenvalue weighted by molar-refractivity contribution is 0.0946. The summed E-state index contributed by atoms with van der Waals surface area (Å²) < 4.78 is 0.804. The van der Waals surface area contributed by atoms with E-state index in [4.69, 9.17) is 11.6 Å². The highest BCUT2D eigenvalue weighted by atomic mass is 79.9. The Morgan fingerprint density at radius 3 is 2.43 bits per heavy atom. The standard InChI is InChI=1S/C18H13BrClNOS/c19-15-9-10-23-17(15)18(22)21-16(12-5-2-1-3-6-12)13-7-4-8-14(20)11-13/h1-11,16H,(H,21,22). The summed E-state index contributed by atoms with van der Waals surface area (Å²) >= 11 is 10.9. The van der Waals surface area contributed by atoms with Gasteiger partial charge in [0.25, 0.3) is 5.91 Å². The van der Waals surface area contributed by atoms with E-state index in [9.17, 15) is 4.79 Å². The number of amides is 1. The maximum absolute atomic E-state index is 12.6. The van der Waals surface area contributed by atoms with Gasteiger partial charge in [-0.2, -0.15) is 0 Å². The molecule has 116 valence electrons. The van der Waals surface area contributed by atoms with Gasteiger partial charge < -0.3 is 5.32 Å². The Kier molecular flexibility index (Phi) is 5.16. The molecule has 0 bridgehead atoms. The first kappa shape index (κ1) is 16.2. The Morgan fingerprint density at radius 2 is 1.78 bits per heavy atom. The Bertz CT molecular complexity index is 819. The third-order valence-corrected chi connectivity index (χ3v) is 5.49. The van der Waals surface area contributed by atoms with Crippen molar-refractivity contribution in [2.24, 2.45) is 0 Å². The molecule has 3 rings (SSSR count). The molecule has 1 atom stereocenters. The number of thiophene rings is 1. The summed E-state index contributed by atoms with van der Waals surface area (Å²) in [5.41, 5.74) is 1.96. The Hall–Kier alpha value is -1.62. The molecule has 1 heterocycles. The average molecular weight is 407 g/mol. The molecule has 0 aliphatic carbocycles. The number of benzene rings is 2. The van der Waals surface area contributed by atoms with Crippen LogP contribution in [0.15, 0.2) is 70.5 Å². The van der Waals surface area contributed by atoms with E-state index < -0.39 is 0 Å². The molecular weight excluding hydrogens is 394 g/mol. The minimum atomic E-state index is -0.253. The monoisotopic (exact) mass is 405 g/mol. The van der Waals surface area contributed by atoms with Gasteiger partial charge in [-0.15, -0.1) is 11.3 Å². The Balaban J connectivity index is 1.96. The van der Waals surface area contributed by atoms with E-state index in [1.807, 2.05) is 66.0 Å². The first-order chi connectivity index (χ1) is 11.1. The van der Waals surface area contributed by atoms with Crippen molar-refractivity contribution in [1.82, 2.24) is 5.32 Å². The van der Waals surface area contributed by atoms with Gasteiger partial charge in [-0.3, -0.25) is 4.79 Å². The van der Waals surface area contributed by atoms with E-state index in [-0.39, 0.29) is 11.9 Å². The number of carbonyl (C=O) groups is 1. The zero-order chi connectivity index (χ0) is 16.2. The van der Waals surface area contributed by atoms with Crippen molar-refractivity contribution >= 4 is 44.8 Å². The van der Waals surface area contributed by atoms with Gasteiger partial charge in [0.1, 0.15) is 4.88 Å². The van der Waals surface area contributed by atoms with Crippen molar-refractivity contribution in [2.45, 2.75) is 6.04 Å². The minimum Gasteiger partial charge on any atom is -0.340 e. The van der Waals surface area contributed by atoms with E-state index in [2.05, 4.69) is 21.2 Å². The van der Waals surface area contributed by atoms with Gasteiger partial charge in [-0.05, 0) is 50.6 Å². The van der Waals surface area contributed by atoms with Gasteiger partial charge in [0.2, 0.25) is 0 Å². The molecule has 1 unspecified atom stereocenters. The number of halogens is 2. The first-order valence-electron chi connectivity index (χ1n) is 6.99. The van der Waals surface area contributed by atoms with Crippen molar-refractivity contribution in [2.75, 3.05) is 0 Å². The quantitative estimate of drug-likeness (QED) is 0.593. The van der Waals surface area contributed by atoms with Crippen LogP contribution in [0.1, 0.15) is 26.8 Å². The van der Waals surface area contributed by atoms with Crippen molar-refractivity contribution in [3.8, 4) is 0 Å². The van der Waals surface area contributed by atoms with Gasteiger partial charge in [-0.25, -0.2) is 0 Å². The van der Waals surface area contributed by atoms with E-state index >= 15 is 0 Å². The van der Waals surface area contributed by atoms with Crippen LogP contribution in [0.2, 0.25) is 5.02 Å². The van der Waals surface area contributed by atoms with Crippen LogP contribution in [-0.4, -0.2) is 5.91 Å². The van der Waals surface area contributed by atoms with Gasteiger partial charge in [0.05, 0.1) is 6.04 Å². The molecule has 0 radical (unpaired) electrons. The lowest BCUT2D eigenvalue weighted by atomic mass is 9.98. The topological polar surface area (TPSA) is 29.1 Å². The molecule has 2 nitrogen and oxygen atoms in total. The summed E-state index contributed by atoms with van der Waals surface area (Å²) in [5.74, 6) is -0.110. The second kappa shape index (κ2) is 7.30. The summed E-state index contributed by atoms with van der Waals surface area (Å²) in [6, 6.07) is 19.0. The van der Waals surface area contributed by atoms with E-state index in [1.54, 1.807) is 0 Å². The number of rotatable bonds is 4. The Labute approximate surface area is 152 Å². The molecule has 1 amide bonds. The van der Waals surface area contributed by atoms with Crippen LogP contribution in [0.25, 0.3) is 0 Å². The van der Waals surface area contributed by atoms with Crippen LogP contribution in [0.3, 0.4) is 0 Å². The molecule has 23 heavy (non-hydrogen) atoms. The summed E-state index contributed by atoms with van der Waals surface area (Å²) in [7, 11) is 0. The summed E-state index contributed by atoms with van der Waals surface area (Å²) in [6.45, 7) is 0. The van der Waals surface area contributed by atoms with Gasteiger partial charge in [-0.1, -0.05) is 54.1 Å². The summed E-state index contributed by atoms with van der Waals surface area (Å²) in [6.07, 6.45) is 0. The fraction of sp³-hybridized carbons (Fsp3) is 0.0556. The van der Waals surface area contributed by atoms with Crippen LogP contribution in [0, 0.1) is 0 Å². The predicted molar refractivity (Wildman–Crippen MR) is 99.2 cm³/mol. The molecule has 3 aromatic rings. The maximum atomic E-state index is 12.6. The largest absolute Gasteiger partial charge is 0.340 e. The molecular formula is C18H13BrClNOS. The highest BCUT2D eigenvalue weighted by molar-refractivity contribution is 9.10. The molecule has 0 aliphatic heterocycles. The molecule has 5 heteroatoms. The highest BCUT2D eigenvalue weighted by Crippen LogP contribution is 2.27. The number of hydrogen-bond acceptors (Lipinski definition) is 2. The summed E-state index contributed by atoms with van der Waals surface area (Å²) in [5, 5.41) is 5.64. The van der Waals surface area contributed by atoms with Crippen LogP contribution in [-0.2, 0) is 0 Å². The lowest BCUT2D eigenvalue weighted by Crippen LogP contribution is -2.29. The summed E-state index contributed by atoms with van der Waals surface area (Å²) in [4.78, 5) is 13.3. The third kappa shape index (κ3) is 3.83. The molecule has 0 spiro atoms. The van der Waals surface area contributed by atoms with Gasteiger partial charge in [0.15, 0.2) is 0 Å². The first-order valence-corrected chi connectivity index (χ1v) is 9.04. The number of hydrogen-bond donors (Lipinski definition) is 1. The number of nitrogens with one attached hydrogen (secondary N) is 1. The maximum Gasteiger partial charge on any atom is 0.263 e. The number of carbonyl (C=O) groups excluding carboxylic acids is 1. The molecule has 1 aromatic heterocycles. The van der Waals surface area contributed by atoms with Gasteiger partial charge >= 0.3 is 0 Å². The second-order valence-corrected chi connectivity index (χ2v) is 7.18. The van der Waals surface area contributed by atoms with Crippen molar-refractivity contribution in [3.63, 3.8) is 0 Å². The predicted octanol–water partition coefficient (Wildman–Crippen LogP) is 5.68. The van der Waals surface area contributed by atoms with E-state index in [0.717, 1.165) is 15.6 Å². The zero-order valence-electron chi connectivity index (χ0n) is 12.0. The third-order valence-electron chi connectivity index (χ3n) is 3.41. The minimum absolute atomic E-state index is 0.110. The van der Waals surface area contributed by atoms with Crippen LogP contribution >= 0.6 is 38.9 Å². The average Bonchev–Trinajstić information content (AvgIpc) is 2.99. The fourth-order valence-corrected chi connectivity index (χ4v) is 4.00. The molecule has 0 saturated heterocycles. The normalized spacial score (nSPS) is 11.9. The van der Waals surface area contributed by atoms with Crippen LogP contribution < -0.4 is 5.32 Å². The molecule has 0 aliphatic rings. The van der Waals surface area contributed by atoms with Crippen molar-refractivity contribution in [3.05, 3.63) is 91.5 Å². The van der Waals surface area contributed by atoms with E-state index in [1.165, 1.54) is 11.3 Å². The fourth-order valence-electron chi connectivity index (χ4n) is 2.34. The van der Waals surface area contributed by atoms with Crippen molar-refractivity contribution in [1.29, 1.82) is 0 Å². The molecule has 0 saturated carbocycles. The van der Waals surface area contributed by atoms with Crippen LogP contribution in [0.5, 0.6) is 0 Å². The molecule has 2 aromatic carbocycles. The van der Waals surface area contributed by atoms with E-state index in [0.29, 0.717) is 9.90 Å². The second-order valence-electron chi connectivity index (χ2n) is 4.97. The lowest BCUT2D eigenvalue weighted by Gasteiger charge is -2.20. The SMILES string of the molecule is O=C(NC(c1ccccc1)c1cccc(Cl)c1)c1sccc1Br. The van der Waals surface area contributed by atoms with Crippen molar-refractivity contribution < 1.29 is 4.79 Å².